The molecule has 1 aromatic rings. The van der Waals surface area contributed by atoms with Gasteiger partial charge < -0.3 is 10.1 Å². The number of alkyl halides is 3. The van der Waals surface area contributed by atoms with Crippen LogP contribution in [0.1, 0.15) is 24.0 Å². The van der Waals surface area contributed by atoms with Gasteiger partial charge >= 0.3 is 6.18 Å². The third-order valence-corrected chi connectivity index (χ3v) is 3.01. The summed E-state index contributed by atoms with van der Waals surface area (Å²) in [5.74, 6) is 0. The summed E-state index contributed by atoms with van der Waals surface area (Å²) in [5, 5.41) is 11.9. The number of hydrogen-bond acceptors (Lipinski definition) is 3. The van der Waals surface area contributed by atoms with Crippen molar-refractivity contribution in [3.63, 3.8) is 0 Å². The second-order valence-electron chi connectivity index (χ2n) is 4.46. The maximum atomic E-state index is 12.6. The first-order chi connectivity index (χ1) is 9.50. The average Bonchev–Trinajstić information content (AvgIpc) is 2.45. The molecule has 0 aromatic heterocycles. The van der Waals surface area contributed by atoms with Crippen LogP contribution in [0.4, 0.5) is 18.9 Å². The summed E-state index contributed by atoms with van der Waals surface area (Å²) in [4.78, 5) is 0. The SMILES string of the molecule is N#Cc1cc(C(F)(F)F)ccc1NCC1CCC=CO1. The summed E-state index contributed by atoms with van der Waals surface area (Å²) in [5.41, 5.74) is -0.457. The number of ether oxygens (including phenoxy) is 1. The van der Waals surface area contributed by atoms with Gasteiger partial charge in [-0.1, -0.05) is 0 Å². The summed E-state index contributed by atoms with van der Waals surface area (Å²) in [6.07, 6.45) is 0.801. The van der Waals surface area contributed by atoms with Crippen molar-refractivity contribution in [3.8, 4) is 6.07 Å². The number of nitrogens with one attached hydrogen (secondary N) is 1. The molecule has 0 aliphatic carbocycles. The summed E-state index contributed by atoms with van der Waals surface area (Å²) < 4.78 is 43.0. The van der Waals surface area contributed by atoms with E-state index in [1.807, 2.05) is 6.08 Å². The van der Waals surface area contributed by atoms with E-state index in [-0.39, 0.29) is 11.7 Å². The van der Waals surface area contributed by atoms with Crippen LogP contribution in [-0.4, -0.2) is 12.6 Å². The first kappa shape index (κ1) is 14.3. The van der Waals surface area contributed by atoms with Gasteiger partial charge in [0, 0.05) is 0 Å². The summed E-state index contributed by atoms with van der Waals surface area (Å²) in [6, 6.07) is 4.87. The van der Waals surface area contributed by atoms with E-state index in [2.05, 4.69) is 5.32 Å². The van der Waals surface area contributed by atoms with Crippen molar-refractivity contribution in [3.05, 3.63) is 41.7 Å². The lowest BCUT2D eigenvalue weighted by molar-refractivity contribution is -0.137. The molecule has 2 rings (SSSR count). The smallest absolute Gasteiger partial charge is 0.416 e. The van der Waals surface area contributed by atoms with E-state index in [9.17, 15) is 13.2 Å². The first-order valence-corrected chi connectivity index (χ1v) is 6.16. The van der Waals surface area contributed by atoms with Crippen LogP contribution < -0.4 is 5.32 Å². The Kier molecular flexibility index (Phi) is 4.18. The Hall–Kier alpha value is -2.16. The normalized spacial score (nSPS) is 18.2. The first-order valence-electron chi connectivity index (χ1n) is 6.16. The van der Waals surface area contributed by atoms with Crippen molar-refractivity contribution in [2.75, 3.05) is 11.9 Å². The van der Waals surface area contributed by atoms with E-state index >= 15 is 0 Å². The number of hydrogen-bond donors (Lipinski definition) is 1. The van der Waals surface area contributed by atoms with Crippen molar-refractivity contribution >= 4 is 5.69 Å². The number of allylic oxidation sites excluding steroid dienone is 1. The number of halogens is 3. The third kappa shape index (κ3) is 3.44. The molecular weight excluding hydrogens is 269 g/mol. The lowest BCUT2D eigenvalue weighted by Gasteiger charge is -2.20. The summed E-state index contributed by atoms with van der Waals surface area (Å²) in [6.45, 7) is 0.449. The highest BCUT2D eigenvalue weighted by atomic mass is 19.4. The fourth-order valence-electron chi connectivity index (χ4n) is 1.93. The molecule has 106 valence electrons. The fraction of sp³-hybridized carbons (Fsp3) is 0.357. The molecule has 1 aliphatic heterocycles. The number of nitriles is 1. The van der Waals surface area contributed by atoms with Crippen molar-refractivity contribution < 1.29 is 17.9 Å². The molecule has 6 heteroatoms. The van der Waals surface area contributed by atoms with Crippen LogP contribution in [0, 0.1) is 11.3 Å². The minimum absolute atomic E-state index is 0.0221. The monoisotopic (exact) mass is 282 g/mol. The summed E-state index contributed by atoms with van der Waals surface area (Å²) >= 11 is 0. The highest BCUT2D eigenvalue weighted by Gasteiger charge is 2.31. The molecular formula is C14H13F3N2O. The molecule has 20 heavy (non-hydrogen) atoms. The van der Waals surface area contributed by atoms with Gasteiger partial charge in [-0.15, -0.1) is 0 Å². The van der Waals surface area contributed by atoms with Crippen LogP contribution >= 0.6 is 0 Å². The third-order valence-electron chi connectivity index (χ3n) is 3.01. The molecule has 1 unspecified atom stereocenters. The molecule has 1 N–H and O–H groups in total. The van der Waals surface area contributed by atoms with Gasteiger partial charge in [0.05, 0.1) is 29.6 Å². The second kappa shape index (κ2) is 5.87. The fourth-order valence-corrected chi connectivity index (χ4v) is 1.93. The van der Waals surface area contributed by atoms with Crippen LogP contribution in [-0.2, 0) is 10.9 Å². The zero-order valence-electron chi connectivity index (χ0n) is 10.6. The number of anilines is 1. The van der Waals surface area contributed by atoms with E-state index in [4.69, 9.17) is 10.00 Å². The molecule has 0 radical (unpaired) electrons. The molecule has 0 saturated heterocycles. The predicted molar refractivity (Wildman–Crippen MR) is 67.9 cm³/mol. The van der Waals surface area contributed by atoms with E-state index < -0.39 is 11.7 Å². The number of benzene rings is 1. The Morgan fingerprint density at radius 2 is 2.20 bits per heavy atom. The zero-order chi connectivity index (χ0) is 14.6. The predicted octanol–water partition coefficient (Wildman–Crippen LogP) is 3.68. The van der Waals surface area contributed by atoms with E-state index in [1.54, 1.807) is 12.3 Å². The average molecular weight is 282 g/mol. The van der Waals surface area contributed by atoms with Crippen molar-refractivity contribution in [1.82, 2.24) is 0 Å². The number of rotatable bonds is 3. The van der Waals surface area contributed by atoms with Crippen molar-refractivity contribution in [2.24, 2.45) is 0 Å². The van der Waals surface area contributed by atoms with Gasteiger partial charge in [-0.05, 0) is 37.1 Å². The number of nitrogens with zero attached hydrogens (tertiary/aromatic N) is 1. The van der Waals surface area contributed by atoms with Gasteiger partial charge in [-0.2, -0.15) is 18.4 Å². The highest BCUT2D eigenvalue weighted by Crippen LogP contribution is 2.31. The topological polar surface area (TPSA) is 45.0 Å². The van der Waals surface area contributed by atoms with Crippen LogP contribution in [0.25, 0.3) is 0 Å². The Morgan fingerprint density at radius 1 is 1.40 bits per heavy atom. The molecule has 1 heterocycles. The van der Waals surface area contributed by atoms with Crippen LogP contribution in [0.2, 0.25) is 0 Å². The zero-order valence-corrected chi connectivity index (χ0v) is 10.6. The maximum Gasteiger partial charge on any atom is 0.416 e. The van der Waals surface area contributed by atoms with Crippen molar-refractivity contribution in [1.29, 1.82) is 5.26 Å². The molecule has 1 atom stereocenters. The maximum absolute atomic E-state index is 12.6. The Morgan fingerprint density at radius 3 is 2.80 bits per heavy atom. The molecule has 0 saturated carbocycles. The second-order valence-corrected chi connectivity index (χ2v) is 4.46. The highest BCUT2D eigenvalue weighted by molar-refractivity contribution is 5.59. The minimum Gasteiger partial charge on any atom is -0.497 e. The quantitative estimate of drug-likeness (QED) is 0.919. The van der Waals surface area contributed by atoms with Gasteiger partial charge in [0.15, 0.2) is 0 Å². The Labute approximate surface area is 114 Å². The lowest BCUT2D eigenvalue weighted by Crippen LogP contribution is -2.23. The molecule has 0 bridgehead atoms. The molecule has 1 aliphatic rings. The van der Waals surface area contributed by atoms with E-state index in [0.717, 1.165) is 25.0 Å². The van der Waals surface area contributed by atoms with Gasteiger partial charge in [-0.3, -0.25) is 0 Å². The van der Waals surface area contributed by atoms with Crippen LogP contribution in [0.3, 0.4) is 0 Å². The largest absolute Gasteiger partial charge is 0.497 e. The van der Waals surface area contributed by atoms with E-state index in [0.29, 0.717) is 12.2 Å². The van der Waals surface area contributed by atoms with Crippen LogP contribution in [0.5, 0.6) is 0 Å². The lowest BCUT2D eigenvalue weighted by atomic mass is 10.1. The van der Waals surface area contributed by atoms with Gasteiger partial charge in [0.2, 0.25) is 0 Å². The van der Waals surface area contributed by atoms with Gasteiger partial charge in [0.1, 0.15) is 12.2 Å². The van der Waals surface area contributed by atoms with Crippen LogP contribution in [0.15, 0.2) is 30.5 Å². The van der Waals surface area contributed by atoms with E-state index in [1.165, 1.54) is 6.07 Å². The van der Waals surface area contributed by atoms with Gasteiger partial charge in [-0.25, -0.2) is 0 Å². The molecule has 0 spiro atoms. The molecule has 0 fully saturated rings. The molecule has 0 amide bonds. The van der Waals surface area contributed by atoms with Gasteiger partial charge in [0.25, 0.3) is 0 Å². The Balaban J connectivity index is 2.08. The Bertz CT molecular complexity index is 546. The minimum atomic E-state index is -4.44. The summed E-state index contributed by atoms with van der Waals surface area (Å²) in [7, 11) is 0. The van der Waals surface area contributed by atoms with Crippen molar-refractivity contribution in [2.45, 2.75) is 25.1 Å². The molecule has 1 aromatic carbocycles. The standard InChI is InChI=1S/C14H13F3N2O/c15-14(16,17)11-4-5-13(10(7-11)8-18)19-9-12-3-1-2-6-20-12/h2,4-7,12,19H,1,3,9H2. The molecule has 3 nitrogen and oxygen atoms in total.